The average Bonchev–Trinajstić information content (AvgIpc) is 1.61. The molecule has 0 aromatic carbocycles. The third kappa shape index (κ3) is 6.09. The van der Waals surface area contributed by atoms with E-state index in [4.69, 9.17) is 4.89 Å². The zero-order valence-corrected chi connectivity index (χ0v) is 5.06. The van der Waals surface area contributed by atoms with Crippen molar-refractivity contribution in [1.82, 2.24) is 0 Å². The lowest BCUT2D eigenvalue weighted by atomic mass is 10.4. The van der Waals surface area contributed by atoms with Gasteiger partial charge in [-0.2, -0.15) is 4.89 Å². The monoisotopic (exact) mass is 119 g/mol. The highest BCUT2D eigenvalue weighted by atomic mass is 31.1. The molecular weight excluding hydrogens is 111 g/mol. The van der Waals surface area contributed by atoms with Crippen molar-refractivity contribution in [3.63, 3.8) is 0 Å². The van der Waals surface area contributed by atoms with E-state index in [1.54, 1.807) is 6.42 Å². The molecule has 0 heterocycles. The smallest absolute Gasteiger partial charge is 0.213 e. The molecule has 0 fully saturated rings. The minimum absolute atomic E-state index is 0.821. The molecule has 2 nitrogen and oxygen atoms in total. The van der Waals surface area contributed by atoms with Gasteiger partial charge in [0, 0.05) is 6.42 Å². The summed E-state index contributed by atoms with van der Waals surface area (Å²) in [5, 5.41) is 0. The summed E-state index contributed by atoms with van der Waals surface area (Å²) < 4.78 is 0. The molecule has 0 amide bonds. The minimum atomic E-state index is -2.04. The van der Waals surface area contributed by atoms with Gasteiger partial charge in [0.25, 0.3) is 0 Å². The standard InChI is InChI=1S/C4H8O2P/c1-2-3-4-7(5)6/h3-4H,2H2,1H3,(H,5,6). The molecule has 0 saturated carbocycles. The quantitative estimate of drug-likeness (QED) is 0.522. The zero-order valence-electron chi connectivity index (χ0n) is 4.16. The van der Waals surface area contributed by atoms with Gasteiger partial charge in [-0.3, -0.25) is 0 Å². The SMILES string of the molecule is CC[CH]/C=[P+](\[O-])O. The van der Waals surface area contributed by atoms with Crippen molar-refractivity contribution in [1.29, 1.82) is 0 Å². The van der Waals surface area contributed by atoms with E-state index in [0.717, 1.165) is 6.42 Å². The van der Waals surface area contributed by atoms with Crippen molar-refractivity contribution < 1.29 is 9.79 Å². The average molecular weight is 119 g/mol. The Morgan fingerprint density at radius 3 is 2.57 bits per heavy atom. The molecule has 1 radical (unpaired) electrons. The van der Waals surface area contributed by atoms with Gasteiger partial charge in [0.05, 0.1) is 0 Å². The lowest BCUT2D eigenvalue weighted by molar-refractivity contribution is -0.167. The zero-order chi connectivity index (χ0) is 5.70. The molecule has 0 aromatic rings. The Morgan fingerprint density at radius 1 is 1.86 bits per heavy atom. The van der Waals surface area contributed by atoms with E-state index in [-0.39, 0.29) is 0 Å². The molecule has 3 heteroatoms. The first kappa shape index (κ1) is 7.09. The molecule has 0 bridgehead atoms. The Hall–Kier alpha value is 0.0900. The van der Waals surface area contributed by atoms with Crippen molar-refractivity contribution in [2.24, 2.45) is 0 Å². The number of unbranched alkanes of at least 4 members (excludes halogenated alkanes) is 1. The van der Waals surface area contributed by atoms with E-state index in [1.165, 1.54) is 5.80 Å². The lowest BCUT2D eigenvalue weighted by Crippen LogP contribution is -1.87. The van der Waals surface area contributed by atoms with Crippen LogP contribution in [0.4, 0.5) is 0 Å². The van der Waals surface area contributed by atoms with Crippen LogP contribution in [0.15, 0.2) is 0 Å². The Balaban J connectivity index is 3.08. The van der Waals surface area contributed by atoms with Gasteiger partial charge in [0.15, 0.2) is 0 Å². The lowest BCUT2D eigenvalue weighted by Gasteiger charge is -1.80. The molecule has 41 valence electrons. The topological polar surface area (TPSA) is 43.3 Å². The van der Waals surface area contributed by atoms with Crippen LogP contribution in [0.3, 0.4) is 0 Å². The van der Waals surface area contributed by atoms with Crippen LogP contribution in [-0.4, -0.2) is 10.7 Å². The second-order valence-electron chi connectivity index (χ2n) is 1.10. The third-order valence-corrected chi connectivity index (χ3v) is 0.935. The molecule has 0 aromatic heterocycles. The second kappa shape index (κ2) is 4.25. The summed E-state index contributed by atoms with van der Waals surface area (Å²) in [6, 6.07) is 0. The molecule has 1 atom stereocenters. The van der Waals surface area contributed by atoms with E-state index in [1.807, 2.05) is 6.92 Å². The van der Waals surface area contributed by atoms with Gasteiger partial charge in [0.2, 0.25) is 8.00 Å². The van der Waals surface area contributed by atoms with Crippen LogP contribution < -0.4 is 4.89 Å². The predicted molar refractivity (Wildman–Crippen MR) is 29.8 cm³/mol. The Labute approximate surface area is 44.4 Å². The normalized spacial score (nSPS) is 12.1. The van der Waals surface area contributed by atoms with E-state index in [9.17, 15) is 4.89 Å². The fraction of sp³-hybridized carbons (Fsp3) is 0.500. The number of hydrogen-bond donors (Lipinski definition) is 1. The molecule has 0 aliphatic rings. The molecule has 0 aliphatic carbocycles. The maximum atomic E-state index is 9.82. The molecule has 7 heavy (non-hydrogen) atoms. The summed E-state index contributed by atoms with van der Waals surface area (Å²) in [5.74, 6) is 1.29. The first-order valence-electron chi connectivity index (χ1n) is 2.09. The van der Waals surface area contributed by atoms with E-state index in [0.29, 0.717) is 0 Å². The van der Waals surface area contributed by atoms with Crippen LogP contribution in [-0.2, 0) is 0 Å². The molecule has 1 unspecified atom stereocenters. The second-order valence-corrected chi connectivity index (χ2v) is 2.00. The van der Waals surface area contributed by atoms with Gasteiger partial charge in [-0.05, 0) is 6.42 Å². The maximum Gasteiger partial charge on any atom is 0.213 e. The van der Waals surface area contributed by atoms with E-state index < -0.39 is 8.00 Å². The summed E-state index contributed by atoms with van der Waals surface area (Å²) in [5.41, 5.74) is 0. The summed E-state index contributed by atoms with van der Waals surface area (Å²) in [6.45, 7) is 1.91. The highest BCUT2D eigenvalue weighted by Crippen LogP contribution is 1.98. The molecular formula is C4H8O2P. The van der Waals surface area contributed by atoms with Crippen LogP contribution in [0.25, 0.3) is 0 Å². The van der Waals surface area contributed by atoms with Gasteiger partial charge in [-0.1, -0.05) is 6.92 Å². The molecule has 0 spiro atoms. The number of rotatable bonds is 2. The largest absolute Gasteiger partial charge is 0.603 e. The van der Waals surface area contributed by atoms with Gasteiger partial charge in [-0.25, -0.2) is 0 Å². The summed E-state index contributed by atoms with van der Waals surface area (Å²) in [4.78, 5) is 17.9. The Kier molecular flexibility index (Phi) is 4.31. The first-order valence-corrected chi connectivity index (χ1v) is 3.37. The molecule has 0 aliphatic heterocycles. The van der Waals surface area contributed by atoms with E-state index >= 15 is 0 Å². The molecule has 0 saturated heterocycles. The van der Waals surface area contributed by atoms with E-state index in [2.05, 4.69) is 0 Å². The minimum Gasteiger partial charge on any atom is -0.603 e. The van der Waals surface area contributed by atoms with Crippen molar-refractivity contribution in [2.75, 3.05) is 0 Å². The summed E-state index contributed by atoms with van der Waals surface area (Å²) in [6.07, 6.45) is 2.49. The Bertz CT molecular complexity index is 66.1. The Morgan fingerprint density at radius 2 is 2.43 bits per heavy atom. The maximum absolute atomic E-state index is 9.82. The highest BCUT2D eigenvalue weighted by Gasteiger charge is 1.82. The van der Waals surface area contributed by atoms with Gasteiger partial charge < -0.3 is 4.89 Å². The summed E-state index contributed by atoms with van der Waals surface area (Å²) >= 11 is 0. The first-order chi connectivity index (χ1) is 3.27. The number of hydrogen-bond acceptors (Lipinski definition) is 2. The van der Waals surface area contributed by atoms with Gasteiger partial charge in [-0.15, -0.1) is 0 Å². The third-order valence-electron chi connectivity index (χ3n) is 0.469. The van der Waals surface area contributed by atoms with Crippen molar-refractivity contribution in [3.8, 4) is 0 Å². The highest BCUT2D eigenvalue weighted by molar-refractivity contribution is 7.44. The molecule has 1 N–H and O–H groups in total. The van der Waals surface area contributed by atoms with Crippen molar-refractivity contribution in [3.05, 3.63) is 6.42 Å². The van der Waals surface area contributed by atoms with Crippen LogP contribution in [0.1, 0.15) is 13.3 Å². The van der Waals surface area contributed by atoms with Crippen LogP contribution in [0.2, 0.25) is 0 Å². The predicted octanol–water partition coefficient (Wildman–Crippen LogP) is 0.0674. The van der Waals surface area contributed by atoms with Crippen LogP contribution >= 0.6 is 8.00 Å². The van der Waals surface area contributed by atoms with Crippen molar-refractivity contribution in [2.45, 2.75) is 13.3 Å². The fourth-order valence-electron chi connectivity index (χ4n) is 0.196. The van der Waals surface area contributed by atoms with Crippen LogP contribution in [0.5, 0.6) is 0 Å². The van der Waals surface area contributed by atoms with Crippen molar-refractivity contribution >= 4 is 13.8 Å². The fourth-order valence-corrected chi connectivity index (χ4v) is 0.587. The summed E-state index contributed by atoms with van der Waals surface area (Å²) in [7, 11) is -2.04. The molecule has 0 rings (SSSR count). The van der Waals surface area contributed by atoms with Crippen LogP contribution in [0, 0.1) is 6.42 Å². The van der Waals surface area contributed by atoms with Gasteiger partial charge >= 0.3 is 0 Å². The van der Waals surface area contributed by atoms with Gasteiger partial charge in [0.1, 0.15) is 5.80 Å².